The third kappa shape index (κ3) is 7.15. The fourth-order valence-corrected chi connectivity index (χ4v) is 14.8. The number of fused-ring (bicyclic) bond motifs is 7. The number of amides is 2. The third-order valence-corrected chi connectivity index (χ3v) is 18.6. The van der Waals surface area contributed by atoms with E-state index in [2.05, 4.69) is 65.7 Å². The van der Waals surface area contributed by atoms with Gasteiger partial charge in [0.25, 0.3) is 5.91 Å². The van der Waals surface area contributed by atoms with Crippen LogP contribution in [0.2, 0.25) is 0 Å². The Hall–Kier alpha value is -3.66. The lowest BCUT2D eigenvalue weighted by Crippen LogP contribution is -2.68. The molecule has 0 radical (unpaired) electrons. The maximum Gasteiger partial charge on any atom is 0.309 e. The summed E-state index contributed by atoms with van der Waals surface area (Å²) >= 11 is 0. The molecular weight excluding hydrogens is 781 g/mol. The van der Waals surface area contributed by atoms with Crippen molar-refractivity contribution in [1.29, 1.82) is 0 Å². The lowest BCUT2D eigenvalue weighted by atomic mass is 9.33. The maximum absolute atomic E-state index is 14.5. The smallest absolute Gasteiger partial charge is 0.309 e. The Morgan fingerprint density at radius 2 is 1.53 bits per heavy atom. The molecule has 6 aliphatic carbocycles. The standard InChI is InChI=1S/C52H76N2O8/c1-30(2)41-37(56)29-52(54-45(59)48(8,9)53-43(57)32-14-16-33(17-15-32)61-27-26-60-13)25-24-50(11)34(42(41)52)18-19-39-49(10)22-21-40(47(6,7)38(49)20-23-51(39,50)12)62-44(58)36-28-35(31(3)55)46(36,4)5/h14-17,30,34-36,38-40,55H,3,18-29H2,1-2,4-13H3,(H,53,57)(H,54,59)/t34-,35+,36-,38+,39-,40+,49+,50-,51-,52-/m1/s1. The molecule has 0 spiro atoms. The number of ketones is 1. The predicted octanol–water partition coefficient (Wildman–Crippen LogP) is 9.72. The Labute approximate surface area is 371 Å². The van der Waals surface area contributed by atoms with Gasteiger partial charge in [-0.15, -0.1) is 0 Å². The molecule has 0 heterocycles. The molecular formula is C52H76N2O8. The van der Waals surface area contributed by atoms with E-state index in [9.17, 15) is 24.3 Å². The highest BCUT2D eigenvalue weighted by atomic mass is 16.5. The van der Waals surface area contributed by atoms with Gasteiger partial charge in [0.15, 0.2) is 5.78 Å². The largest absolute Gasteiger partial charge is 0.513 e. The summed E-state index contributed by atoms with van der Waals surface area (Å²) in [6, 6.07) is 6.84. The first-order valence-corrected chi connectivity index (χ1v) is 23.5. The number of rotatable bonds is 12. The van der Waals surface area contributed by atoms with E-state index in [0.717, 1.165) is 56.1 Å². The quantitative estimate of drug-likeness (QED) is 0.107. The van der Waals surface area contributed by atoms with Crippen LogP contribution < -0.4 is 15.4 Å². The van der Waals surface area contributed by atoms with Gasteiger partial charge in [0.2, 0.25) is 5.91 Å². The maximum atomic E-state index is 14.5. The van der Waals surface area contributed by atoms with E-state index >= 15 is 0 Å². The van der Waals surface area contributed by atoms with Gasteiger partial charge in [-0.25, -0.2) is 0 Å². The van der Waals surface area contributed by atoms with Crippen molar-refractivity contribution >= 4 is 23.6 Å². The lowest BCUT2D eigenvalue weighted by Gasteiger charge is -2.72. The number of allylic oxidation sites excluding steroid dienone is 2. The molecule has 6 aliphatic rings. The molecule has 0 saturated heterocycles. The number of methoxy groups -OCH3 is 1. The second-order valence-electron chi connectivity index (χ2n) is 23.1. The first-order chi connectivity index (χ1) is 28.8. The predicted molar refractivity (Wildman–Crippen MR) is 240 cm³/mol. The fourth-order valence-electron chi connectivity index (χ4n) is 14.8. The first kappa shape index (κ1) is 46.3. The molecule has 2 amide bonds. The van der Waals surface area contributed by atoms with E-state index in [-0.39, 0.29) is 92.6 Å². The van der Waals surface area contributed by atoms with Crippen molar-refractivity contribution in [3.8, 4) is 5.75 Å². The minimum absolute atomic E-state index is 0.00702. The number of nitrogens with one attached hydrogen (secondary N) is 2. The molecule has 1 aromatic carbocycles. The van der Waals surface area contributed by atoms with Gasteiger partial charge in [0.05, 0.1) is 23.8 Å². The monoisotopic (exact) mass is 857 g/mol. The van der Waals surface area contributed by atoms with Crippen LogP contribution in [-0.2, 0) is 23.9 Å². The minimum Gasteiger partial charge on any atom is -0.513 e. The highest BCUT2D eigenvalue weighted by Crippen LogP contribution is 2.76. The normalized spacial score (nSPS) is 36.9. The van der Waals surface area contributed by atoms with Gasteiger partial charge in [-0.3, -0.25) is 19.2 Å². The molecule has 10 heteroatoms. The summed E-state index contributed by atoms with van der Waals surface area (Å²) in [7, 11) is 1.61. The lowest BCUT2D eigenvalue weighted by molar-refractivity contribution is -0.235. The van der Waals surface area contributed by atoms with Crippen LogP contribution in [0.1, 0.15) is 151 Å². The summed E-state index contributed by atoms with van der Waals surface area (Å²) in [6.07, 6.45) is 8.15. The molecule has 0 aliphatic heterocycles. The van der Waals surface area contributed by atoms with Gasteiger partial charge < -0.3 is 30.0 Å². The molecule has 62 heavy (non-hydrogen) atoms. The third-order valence-electron chi connectivity index (χ3n) is 18.6. The van der Waals surface area contributed by atoms with Crippen LogP contribution in [0.15, 0.2) is 47.7 Å². The number of hydrogen-bond donors (Lipinski definition) is 3. The van der Waals surface area contributed by atoms with Crippen LogP contribution in [0.4, 0.5) is 0 Å². The second-order valence-corrected chi connectivity index (χ2v) is 23.1. The van der Waals surface area contributed by atoms with E-state index in [1.165, 1.54) is 0 Å². The second kappa shape index (κ2) is 15.8. The van der Waals surface area contributed by atoms with Crippen molar-refractivity contribution in [2.45, 2.75) is 158 Å². The summed E-state index contributed by atoms with van der Waals surface area (Å²) in [5.41, 5.74) is -0.237. The zero-order valence-corrected chi connectivity index (χ0v) is 39.8. The number of benzene rings is 1. The first-order valence-electron chi connectivity index (χ1n) is 23.5. The molecule has 10 atom stereocenters. The zero-order valence-electron chi connectivity index (χ0n) is 39.8. The summed E-state index contributed by atoms with van der Waals surface area (Å²) < 4.78 is 17.2. The Bertz CT molecular complexity index is 2010. The number of esters is 1. The minimum atomic E-state index is -1.25. The van der Waals surface area contributed by atoms with Gasteiger partial charge in [-0.2, -0.15) is 0 Å². The van der Waals surface area contributed by atoms with Gasteiger partial charge in [-0.1, -0.05) is 68.9 Å². The Kier molecular flexibility index (Phi) is 11.8. The molecule has 0 bridgehead atoms. The van der Waals surface area contributed by atoms with Gasteiger partial charge >= 0.3 is 5.97 Å². The average molecular weight is 857 g/mol. The molecule has 3 N–H and O–H groups in total. The van der Waals surface area contributed by atoms with Crippen LogP contribution in [0.25, 0.3) is 0 Å². The number of aliphatic hydroxyl groups is 1. The van der Waals surface area contributed by atoms with Gasteiger partial charge in [-0.05, 0) is 152 Å². The molecule has 7 rings (SSSR count). The number of carbonyl (C=O) groups is 4. The van der Waals surface area contributed by atoms with Crippen LogP contribution in [-0.4, -0.2) is 66.2 Å². The summed E-state index contributed by atoms with van der Waals surface area (Å²) in [5, 5.41) is 16.6. The van der Waals surface area contributed by atoms with Crippen molar-refractivity contribution in [1.82, 2.24) is 10.6 Å². The number of carbonyl (C=O) groups excluding carboxylic acids is 4. The summed E-state index contributed by atoms with van der Waals surface area (Å²) in [4.78, 5) is 56.0. The van der Waals surface area contributed by atoms with Crippen LogP contribution in [0.5, 0.6) is 5.75 Å². The zero-order chi connectivity index (χ0) is 45.6. The van der Waals surface area contributed by atoms with Crippen molar-refractivity contribution in [3.63, 3.8) is 0 Å². The molecule has 0 unspecified atom stereocenters. The Balaban J connectivity index is 1.10. The topological polar surface area (TPSA) is 140 Å². The van der Waals surface area contributed by atoms with Crippen molar-refractivity contribution < 1.29 is 38.5 Å². The van der Waals surface area contributed by atoms with Crippen LogP contribution >= 0.6 is 0 Å². The molecule has 5 saturated carbocycles. The number of ether oxygens (including phenoxy) is 3. The molecule has 342 valence electrons. The Morgan fingerprint density at radius 1 is 0.855 bits per heavy atom. The highest BCUT2D eigenvalue weighted by Gasteiger charge is 2.70. The molecule has 1 aromatic rings. The number of hydrogen-bond acceptors (Lipinski definition) is 8. The van der Waals surface area contributed by atoms with E-state index in [4.69, 9.17) is 14.2 Å². The Morgan fingerprint density at radius 3 is 2.15 bits per heavy atom. The van der Waals surface area contributed by atoms with E-state index in [0.29, 0.717) is 49.2 Å². The van der Waals surface area contributed by atoms with E-state index in [1.54, 1.807) is 45.2 Å². The van der Waals surface area contributed by atoms with E-state index in [1.807, 2.05) is 13.8 Å². The highest BCUT2D eigenvalue weighted by molar-refractivity contribution is 6.03. The van der Waals surface area contributed by atoms with Crippen LogP contribution in [0.3, 0.4) is 0 Å². The van der Waals surface area contributed by atoms with Crippen molar-refractivity contribution in [2.75, 3.05) is 20.3 Å². The van der Waals surface area contributed by atoms with Crippen LogP contribution in [0, 0.1) is 62.6 Å². The summed E-state index contributed by atoms with van der Waals surface area (Å²) in [6.45, 7) is 28.6. The average Bonchev–Trinajstić information content (AvgIpc) is 3.47. The number of aliphatic hydroxyl groups excluding tert-OH is 1. The van der Waals surface area contributed by atoms with Gasteiger partial charge in [0, 0.05) is 30.4 Å². The SMILES string of the molecule is C=C(O)[C@@H]1C[C@H](C(=O)O[C@H]2CC[C@]3(C)[C@H]4CC[C@@H]5C6=C(C(C)C)C(=O)C[C@]6(NC(=O)C(C)(C)NC(=O)c6ccc(OCCOC)cc6)CC[C@@]5(C)[C@]4(C)CC[C@H]3C2(C)C)C1(C)C. The number of Topliss-reactive ketones (excluding diaryl/α,β-unsaturated/α-hetero) is 1. The molecule has 5 fully saturated rings. The molecule has 10 nitrogen and oxygen atoms in total. The van der Waals surface area contributed by atoms with E-state index < -0.39 is 11.1 Å². The van der Waals surface area contributed by atoms with Crippen molar-refractivity contribution in [3.05, 3.63) is 53.3 Å². The van der Waals surface area contributed by atoms with Crippen molar-refractivity contribution in [2.24, 2.45) is 62.6 Å². The fraction of sp³-hybridized carbons (Fsp3) is 0.731. The molecule has 0 aromatic heterocycles. The van der Waals surface area contributed by atoms with Gasteiger partial charge in [0.1, 0.15) is 24.0 Å². The summed E-state index contributed by atoms with van der Waals surface area (Å²) in [5.74, 6) is 0.771.